The van der Waals surface area contributed by atoms with Crippen LogP contribution in [0.5, 0.6) is 5.75 Å². The first kappa shape index (κ1) is 15.1. The van der Waals surface area contributed by atoms with Gasteiger partial charge in [0.2, 0.25) is 0 Å². The molecule has 106 valence electrons. The molecule has 1 atom stereocenters. The molecule has 0 bridgehead atoms. The Balaban J connectivity index is 2.43. The molecule has 0 aliphatic carbocycles. The first-order valence-electron chi connectivity index (χ1n) is 5.87. The average Bonchev–Trinajstić information content (AvgIpc) is 2.42. The molecule has 0 saturated carbocycles. The Morgan fingerprint density at radius 3 is 2.40 bits per heavy atom. The van der Waals surface area contributed by atoms with Gasteiger partial charge in [-0.15, -0.1) is 11.6 Å². The normalized spacial score (nSPS) is 12.3. The third-order valence-corrected chi connectivity index (χ3v) is 3.80. The molecule has 20 heavy (non-hydrogen) atoms. The molecule has 0 saturated heterocycles. The summed E-state index contributed by atoms with van der Waals surface area (Å²) in [6.45, 7) is 1.85. The van der Waals surface area contributed by atoms with E-state index >= 15 is 0 Å². The molecule has 2 rings (SSSR count). The fourth-order valence-corrected chi connectivity index (χ4v) is 2.42. The van der Waals surface area contributed by atoms with E-state index in [0.717, 1.165) is 17.7 Å². The van der Waals surface area contributed by atoms with Crippen LogP contribution in [0.2, 0.25) is 5.02 Å². The van der Waals surface area contributed by atoms with Crippen LogP contribution in [0.1, 0.15) is 22.1 Å². The van der Waals surface area contributed by atoms with Crippen molar-refractivity contribution in [1.82, 2.24) is 0 Å². The van der Waals surface area contributed by atoms with Crippen molar-refractivity contribution in [3.05, 3.63) is 63.7 Å². The van der Waals surface area contributed by atoms with Gasteiger partial charge in [-0.05, 0) is 36.2 Å². The zero-order valence-corrected chi connectivity index (χ0v) is 12.4. The lowest BCUT2D eigenvalue weighted by Crippen LogP contribution is -2.00. The number of hydrogen-bond donors (Lipinski definition) is 0. The molecule has 2 aromatic rings. The Labute approximate surface area is 126 Å². The van der Waals surface area contributed by atoms with Crippen LogP contribution in [-0.2, 0) is 0 Å². The molecule has 1 unspecified atom stereocenters. The number of rotatable bonds is 3. The monoisotopic (exact) mass is 316 g/mol. The van der Waals surface area contributed by atoms with E-state index in [2.05, 4.69) is 0 Å². The molecule has 5 heteroatoms. The first-order valence-corrected chi connectivity index (χ1v) is 6.68. The van der Waals surface area contributed by atoms with Crippen LogP contribution in [0.4, 0.5) is 8.78 Å². The highest BCUT2D eigenvalue weighted by atomic mass is 35.5. The summed E-state index contributed by atoms with van der Waals surface area (Å²) < 4.78 is 32.5. The Morgan fingerprint density at radius 2 is 1.80 bits per heavy atom. The van der Waals surface area contributed by atoms with Crippen molar-refractivity contribution in [1.29, 1.82) is 0 Å². The van der Waals surface area contributed by atoms with E-state index in [1.165, 1.54) is 0 Å². The maximum Gasteiger partial charge on any atom is 0.142 e. The second kappa shape index (κ2) is 5.98. The lowest BCUT2D eigenvalue weighted by atomic mass is 10.0. The first-order chi connectivity index (χ1) is 9.43. The molecule has 0 spiro atoms. The molecular formula is C15H12Cl2F2O. The number of benzene rings is 2. The van der Waals surface area contributed by atoms with Gasteiger partial charge in [-0.2, -0.15) is 0 Å². The standard InChI is InChI=1S/C15H12Cl2F2O/c1-8-5-9(3-4-14(8)20-2)15(17)10-6-13(19)11(16)7-12(10)18/h3-7,15H,1-2H3. The third-order valence-electron chi connectivity index (χ3n) is 3.02. The van der Waals surface area contributed by atoms with E-state index in [9.17, 15) is 8.78 Å². The fraction of sp³-hybridized carbons (Fsp3) is 0.200. The van der Waals surface area contributed by atoms with Crippen molar-refractivity contribution in [3.8, 4) is 5.75 Å². The van der Waals surface area contributed by atoms with Crippen molar-refractivity contribution < 1.29 is 13.5 Å². The summed E-state index contributed by atoms with van der Waals surface area (Å²) in [5, 5.41) is -1.06. The molecule has 0 aliphatic rings. The minimum absolute atomic E-state index is 0.0538. The topological polar surface area (TPSA) is 9.23 Å². The Morgan fingerprint density at radius 1 is 1.10 bits per heavy atom. The van der Waals surface area contributed by atoms with Crippen LogP contribution in [0.15, 0.2) is 30.3 Å². The van der Waals surface area contributed by atoms with Gasteiger partial charge in [0.25, 0.3) is 0 Å². The van der Waals surface area contributed by atoms with Crippen molar-refractivity contribution in [2.75, 3.05) is 7.11 Å². The van der Waals surface area contributed by atoms with Gasteiger partial charge in [0.05, 0.1) is 17.5 Å². The molecule has 2 aromatic carbocycles. The average molecular weight is 317 g/mol. The van der Waals surface area contributed by atoms with Crippen LogP contribution in [0.25, 0.3) is 0 Å². The minimum atomic E-state index is -0.800. The molecule has 0 heterocycles. The molecule has 0 fully saturated rings. The van der Waals surface area contributed by atoms with Gasteiger partial charge in [0.1, 0.15) is 17.4 Å². The number of hydrogen-bond acceptors (Lipinski definition) is 1. The fourth-order valence-electron chi connectivity index (χ4n) is 1.97. The predicted molar refractivity (Wildman–Crippen MR) is 76.8 cm³/mol. The van der Waals surface area contributed by atoms with Crippen LogP contribution in [-0.4, -0.2) is 7.11 Å². The summed E-state index contributed by atoms with van der Waals surface area (Å²) in [6.07, 6.45) is 0. The van der Waals surface area contributed by atoms with Crippen LogP contribution < -0.4 is 4.74 Å². The van der Waals surface area contributed by atoms with Gasteiger partial charge in [-0.1, -0.05) is 23.7 Å². The quantitative estimate of drug-likeness (QED) is 0.554. The van der Waals surface area contributed by atoms with Gasteiger partial charge in [-0.25, -0.2) is 8.78 Å². The number of methoxy groups -OCH3 is 1. The Hall–Kier alpha value is -1.32. The number of aryl methyl sites for hydroxylation is 1. The summed E-state index contributed by atoms with van der Waals surface area (Å²) in [4.78, 5) is 0. The van der Waals surface area contributed by atoms with Crippen LogP contribution in [0.3, 0.4) is 0 Å². The molecule has 0 amide bonds. The number of ether oxygens (including phenoxy) is 1. The van der Waals surface area contributed by atoms with E-state index < -0.39 is 17.0 Å². The highest BCUT2D eigenvalue weighted by Crippen LogP contribution is 2.34. The van der Waals surface area contributed by atoms with Crippen molar-refractivity contribution >= 4 is 23.2 Å². The van der Waals surface area contributed by atoms with Crippen LogP contribution in [0, 0.1) is 18.6 Å². The lowest BCUT2D eigenvalue weighted by molar-refractivity contribution is 0.411. The van der Waals surface area contributed by atoms with Gasteiger partial charge in [0, 0.05) is 5.56 Å². The smallest absolute Gasteiger partial charge is 0.142 e. The molecule has 0 N–H and O–H groups in total. The Bertz CT molecular complexity index is 644. The SMILES string of the molecule is COc1ccc(C(Cl)c2cc(F)c(Cl)cc2F)cc1C. The summed E-state index contributed by atoms with van der Waals surface area (Å²) in [5.41, 5.74) is 1.58. The molecular weight excluding hydrogens is 305 g/mol. The van der Waals surface area contributed by atoms with Crippen molar-refractivity contribution in [3.63, 3.8) is 0 Å². The second-order valence-electron chi connectivity index (χ2n) is 4.38. The largest absolute Gasteiger partial charge is 0.496 e. The zero-order chi connectivity index (χ0) is 14.9. The number of halogens is 4. The van der Waals surface area contributed by atoms with E-state index in [4.69, 9.17) is 27.9 Å². The molecule has 0 radical (unpaired) electrons. The molecule has 0 aliphatic heterocycles. The maximum absolute atomic E-state index is 13.9. The second-order valence-corrected chi connectivity index (χ2v) is 5.22. The van der Waals surface area contributed by atoms with Gasteiger partial charge >= 0.3 is 0 Å². The third kappa shape index (κ3) is 2.89. The van der Waals surface area contributed by atoms with E-state index in [1.807, 2.05) is 6.92 Å². The highest BCUT2D eigenvalue weighted by Gasteiger charge is 2.18. The number of alkyl halides is 1. The summed E-state index contributed by atoms with van der Waals surface area (Å²) >= 11 is 11.8. The van der Waals surface area contributed by atoms with Crippen LogP contribution >= 0.6 is 23.2 Å². The summed E-state index contributed by atoms with van der Waals surface area (Å²) in [5.74, 6) is -0.621. The van der Waals surface area contributed by atoms with E-state index in [0.29, 0.717) is 11.3 Å². The molecule has 1 nitrogen and oxygen atoms in total. The predicted octanol–water partition coefficient (Wildman–Crippen LogP) is 5.26. The summed E-state index contributed by atoms with van der Waals surface area (Å²) in [6, 6.07) is 7.19. The van der Waals surface area contributed by atoms with E-state index in [-0.39, 0.29) is 10.6 Å². The highest BCUT2D eigenvalue weighted by molar-refractivity contribution is 6.30. The Kier molecular flexibility index (Phi) is 4.51. The summed E-state index contributed by atoms with van der Waals surface area (Å²) in [7, 11) is 1.56. The lowest BCUT2D eigenvalue weighted by Gasteiger charge is -2.14. The zero-order valence-electron chi connectivity index (χ0n) is 10.9. The van der Waals surface area contributed by atoms with Gasteiger partial charge in [0.15, 0.2) is 0 Å². The maximum atomic E-state index is 13.9. The van der Waals surface area contributed by atoms with Crippen molar-refractivity contribution in [2.45, 2.75) is 12.3 Å². The van der Waals surface area contributed by atoms with Crippen molar-refractivity contribution in [2.24, 2.45) is 0 Å². The molecule has 0 aromatic heterocycles. The van der Waals surface area contributed by atoms with Gasteiger partial charge in [-0.3, -0.25) is 0 Å². The van der Waals surface area contributed by atoms with Gasteiger partial charge < -0.3 is 4.74 Å². The van der Waals surface area contributed by atoms with E-state index in [1.54, 1.807) is 25.3 Å². The minimum Gasteiger partial charge on any atom is -0.496 e.